The van der Waals surface area contributed by atoms with Crippen LogP contribution in [0.15, 0.2) is 35.7 Å². The van der Waals surface area contributed by atoms with Crippen molar-refractivity contribution in [2.75, 3.05) is 12.3 Å². The second kappa shape index (κ2) is 7.29. The number of ether oxygens (including phenoxy) is 1. The summed E-state index contributed by atoms with van der Waals surface area (Å²) >= 11 is 7.35. The summed E-state index contributed by atoms with van der Waals surface area (Å²) in [7, 11) is 0. The lowest BCUT2D eigenvalue weighted by Gasteiger charge is -2.12. The van der Waals surface area contributed by atoms with Gasteiger partial charge in [0, 0.05) is 15.6 Å². The van der Waals surface area contributed by atoms with Crippen LogP contribution < -0.4 is 11.1 Å². The third kappa shape index (κ3) is 4.22. The molecule has 0 aliphatic heterocycles. The van der Waals surface area contributed by atoms with E-state index in [1.54, 1.807) is 17.4 Å². The van der Waals surface area contributed by atoms with Gasteiger partial charge in [0.2, 0.25) is 0 Å². The van der Waals surface area contributed by atoms with Crippen LogP contribution in [0.2, 0.25) is 5.02 Å². The number of nitrogens with two attached hydrogens (primary N) is 1. The first-order chi connectivity index (χ1) is 10.5. The molecule has 1 atom stereocenters. The van der Waals surface area contributed by atoms with Gasteiger partial charge in [0.1, 0.15) is 0 Å². The zero-order valence-electron chi connectivity index (χ0n) is 11.8. The quantitative estimate of drug-likeness (QED) is 0.648. The van der Waals surface area contributed by atoms with Crippen molar-refractivity contribution in [2.45, 2.75) is 13.0 Å². The van der Waals surface area contributed by atoms with Crippen LogP contribution in [0.5, 0.6) is 0 Å². The summed E-state index contributed by atoms with van der Waals surface area (Å²) in [6.45, 7) is 1.49. The molecule has 1 aromatic heterocycles. The molecule has 22 heavy (non-hydrogen) atoms. The standard InChI is InChI=1S/C15H15ClN2O3S/c1-9(13-3-2-6-22-13)18-14(19)8-21-15(20)11-7-10(16)4-5-12(11)17/h2-7,9H,8,17H2,1H3,(H,18,19)/t9-/m1/s1. The number of halogens is 1. The van der Waals surface area contributed by atoms with Gasteiger partial charge in [-0.25, -0.2) is 4.79 Å². The van der Waals surface area contributed by atoms with Crippen LogP contribution >= 0.6 is 22.9 Å². The first kappa shape index (κ1) is 16.3. The maximum Gasteiger partial charge on any atom is 0.340 e. The summed E-state index contributed by atoms with van der Waals surface area (Å²) < 4.78 is 4.96. The van der Waals surface area contributed by atoms with Crippen LogP contribution in [0.1, 0.15) is 28.2 Å². The lowest BCUT2D eigenvalue weighted by atomic mass is 10.2. The molecule has 0 aliphatic carbocycles. The van der Waals surface area contributed by atoms with Gasteiger partial charge >= 0.3 is 5.97 Å². The minimum atomic E-state index is -0.682. The molecule has 1 amide bonds. The molecule has 0 radical (unpaired) electrons. The fourth-order valence-corrected chi connectivity index (χ4v) is 2.71. The average molecular weight is 339 g/mol. The molecule has 0 saturated heterocycles. The number of nitrogen functional groups attached to an aromatic ring is 1. The molecule has 1 aromatic carbocycles. The topological polar surface area (TPSA) is 81.4 Å². The number of amides is 1. The number of esters is 1. The first-order valence-electron chi connectivity index (χ1n) is 6.52. The van der Waals surface area contributed by atoms with Crippen molar-refractivity contribution < 1.29 is 14.3 Å². The largest absolute Gasteiger partial charge is 0.452 e. The number of hydrogen-bond donors (Lipinski definition) is 2. The number of nitrogens with one attached hydrogen (secondary N) is 1. The summed E-state index contributed by atoms with van der Waals surface area (Å²) in [5, 5.41) is 5.05. The van der Waals surface area contributed by atoms with Crippen LogP contribution in [-0.2, 0) is 9.53 Å². The zero-order valence-corrected chi connectivity index (χ0v) is 13.4. The highest BCUT2D eigenvalue weighted by Gasteiger charge is 2.15. The number of carbonyl (C=O) groups excluding carboxylic acids is 2. The van der Waals surface area contributed by atoms with Crippen LogP contribution in [0.25, 0.3) is 0 Å². The molecule has 2 aromatic rings. The minimum Gasteiger partial charge on any atom is -0.452 e. The molecule has 3 N–H and O–H groups in total. The van der Waals surface area contributed by atoms with Gasteiger partial charge in [0.05, 0.1) is 11.6 Å². The predicted molar refractivity (Wildman–Crippen MR) is 87.0 cm³/mol. The lowest BCUT2D eigenvalue weighted by Crippen LogP contribution is -2.30. The Kier molecular flexibility index (Phi) is 5.41. The highest BCUT2D eigenvalue weighted by molar-refractivity contribution is 7.10. The number of thiophene rings is 1. The number of benzene rings is 1. The van der Waals surface area contributed by atoms with Crippen molar-refractivity contribution in [1.29, 1.82) is 0 Å². The summed E-state index contributed by atoms with van der Waals surface area (Å²) in [4.78, 5) is 24.7. The number of anilines is 1. The van der Waals surface area contributed by atoms with Crippen molar-refractivity contribution in [3.63, 3.8) is 0 Å². The van der Waals surface area contributed by atoms with E-state index in [0.29, 0.717) is 5.02 Å². The number of rotatable bonds is 5. The summed E-state index contributed by atoms with van der Waals surface area (Å²) in [5.41, 5.74) is 6.08. The molecule has 2 rings (SSSR count). The lowest BCUT2D eigenvalue weighted by molar-refractivity contribution is -0.124. The zero-order chi connectivity index (χ0) is 16.1. The van der Waals surface area contributed by atoms with E-state index in [9.17, 15) is 9.59 Å². The van der Waals surface area contributed by atoms with E-state index in [0.717, 1.165) is 4.88 Å². The van der Waals surface area contributed by atoms with Gasteiger partial charge in [0.25, 0.3) is 5.91 Å². The van der Waals surface area contributed by atoms with Gasteiger partial charge in [-0.2, -0.15) is 0 Å². The van der Waals surface area contributed by atoms with E-state index in [4.69, 9.17) is 22.1 Å². The molecule has 0 saturated carbocycles. The normalized spacial score (nSPS) is 11.7. The number of hydrogen-bond acceptors (Lipinski definition) is 5. The minimum absolute atomic E-state index is 0.137. The molecule has 0 bridgehead atoms. The molecule has 0 spiro atoms. The van der Waals surface area contributed by atoms with Crippen LogP contribution in [0.3, 0.4) is 0 Å². The molecule has 116 valence electrons. The van der Waals surface area contributed by atoms with Crippen molar-refractivity contribution in [3.8, 4) is 0 Å². The van der Waals surface area contributed by atoms with Crippen molar-refractivity contribution >= 4 is 40.5 Å². The van der Waals surface area contributed by atoms with Crippen molar-refractivity contribution in [1.82, 2.24) is 5.32 Å². The monoisotopic (exact) mass is 338 g/mol. The van der Waals surface area contributed by atoms with Gasteiger partial charge in [0.15, 0.2) is 6.61 Å². The smallest absolute Gasteiger partial charge is 0.340 e. The first-order valence-corrected chi connectivity index (χ1v) is 7.78. The van der Waals surface area contributed by atoms with E-state index in [2.05, 4.69) is 5.32 Å². The van der Waals surface area contributed by atoms with Gasteiger partial charge < -0.3 is 15.8 Å². The summed E-state index contributed by atoms with van der Waals surface area (Å²) in [6.07, 6.45) is 0. The van der Waals surface area contributed by atoms with Gasteiger partial charge in [-0.3, -0.25) is 4.79 Å². The van der Waals surface area contributed by atoms with Gasteiger partial charge in [-0.1, -0.05) is 17.7 Å². The fourth-order valence-electron chi connectivity index (χ4n) is 1.81. The molecule has 1 heterocycles. The highest BCUT2D eigenvalue weighted by atomic mass is 35.5. The summed E-state index contributed by atoms with van der Waals surface area (Å²) in [6, 6.07) is 8.19. The Balaban J connectivity index is 1.88. The van der Waals surface area contributed by atoms with E-state index in [1.165, 1.54) is 12.1 Å². The Morgan fingerprint density at radius 1 is 1.41 bits per heavy atom. The van der Waals surface area contributed by atoms with E-state index < -0.39 is 5.97 Å². The molecule has 5 nitrogen and oxygen atoms in total. The SMILES string of the molecule is C[C@@H](NC(=O)COC(=O)c1cc(Cl)ccc1N)c1cccs1. The molecule has 7 heteroatoms. The summed E-state index contributed by atoms with van der Waals surface area (Å²) in [5.74, 6) is -1.06. The van der Waals surface area contributed by atoms with Crippen LogP contribution in [0.4, 0.5) is 5.69 Å². The predicted octanol–water partition coefficient (Wildman–Crippen LogP) is 3.02. The third-order valence-corrected chi connectivity index (χ3v) is 4.21. The maximum absolute atomic E-state index is 11.9. The Morgan fingerprint density at radius 3 is 2.86 bits per heavy atom. The van der Waals surface area contributed by atoms with Crippen molar-refractivity contribution in [3.05, 3.63) is 51.2 Å². The van der Waals surface area contributed by atoms with E-state index in [1.807, 2.05) is 24.4 Å². The Labute approximate surface area is 137 Å². The average Bonchev–Trinajstić information content (AvgIpc) is 3.01. The fraction of sp³-hybridized carbons (Fsp3) is 0.200. The van der Waals surface area contributed by atoms with Gasteiger partial charge in [-0.15, -0.1) is 11.3 Å². The molecule has 0 aliphatic rings. The highest BCUT2D eigenvalue weighted by Crippen LogP contribution is 2.19. The van der Waals surface area contributed by atoms with E-state index >= 15 is 0 Å². The van der Waals surface area contributed by atoms with Crippen LogP contribution in [-0.4, -0.2) is 18.5 Å². The molecular formula is C15H15ClN2O3S. The van der Waals surface area contributed by atoms with E-state index in [-0.39, 0.29) is 29.8 Å². The number of carbonyl (C=O) groups is 2. The van der Waals surface area contributed by atoms with Gasteiger partial charge in [-0.05, 0) is 36.6 Å². The molecule has 0 fully saturated rings. The second-order valence-electron chi connectivity index (χ2n) is 4.61. The Hall–Kier alpha value is -2.05. The molecule has 0 unspecified atom stereocenters. The van der Waals surface area contributed by atoms with Crippen molar-refractivity contribution in [2.24, 2.45) is 0 Å². The maximum atomic E-state index is 11.9. The Bertz CT molecular complexity index is 673. The van der Waals surface area contributed by atoms with Crippen LogP contribution in [0, 0.1) is 0 Å². The Morgan fingerprint density at radius 2 is 2.18 bits per heavy atom. The second-order valence-corrected chi connectivity index (χ2v) is 6.03. The third-order valence-electron chi connectivity index (χ3n) is 2.92. The molecular weight excluding hydrogens is 324 g/mol.